The summed E-state index contributed by atoms with van der Waals surface area (Å²) in [5, 5.41) is 3.83. The first-order valence-electron chi connectivity index (χ1n) is 10.3. The van der Waals surface area contributed by atoms with Crippen molar-refractivity contribution < 1.29 is 23.5 Å². The van der Waals surface area contributed by atoms with Crippen LogP contribution in [0.15, 0.2) is 65.2 Å². The summed E-state index contributed by atoms with van der Waals surface area (Å²) in [6.07, 6.45) is 1.91. The van der Waals surface area contributed by atoms with Gasteiger partial charge in [-0.05, 0) is 48.6 Å². The van der Waals surface area contributed by atoms with Crippen LogP contribution in [0.4, 0.5) is 0 Å². The number of hydrogen-bond donors (Lipinski definition) is 1. The molecule has 0 spiro atoms. The highest BCUT2D eigenvalue weighted by Gasteiger charge is 2.41. The number of aromatic nitrogens is 1. The van der Waals surface area contributed by atoms with E-state index in [0.717, 1.165) is 11.3 Å². The number of ether oxygens (including phenoxy) is 2. The summed E-state index contributed by atoms with van der Waals surface area (Å²) >= 11 is 5.58. The lowest BCUT2D eigenvalue weighted by atomic mass is 10.0. The van der Waals surface area contributed by atoms with E-state index in [1.165, 1.54) is 14.2 Å². The summed E-state index contributed by atoms with van der Waals surface area (Å²) in [5.74, 6) is 0.608. The fraction of sp³-hybridized carbons (Fsp3) is 0.250. The molecule has 2 atom stereocenters. The van der Waals surface area contributed by atoms with Crippen LogP contribution in [0.3, 0.4) is 0 Å². The Morgan fingerprint density at radius 2 is 1.88 bits per heavy atom. The fourth-order valence-electron chi connectivity index (χ4n) is 3.82. The van der Waals surface area contributed by atoms with Crippen LogP contribution in [0.1, 0.15) is 40.3 Å². The zero-order valence-electron chi connectivity index (χ0n) is 18.2. The van der Waals surface area contributed by atoms with E-state index in [2.05, 4.69) is 10.3 Å². The Bertz CT molecular complexity index is 1150. The minimum atomic E-state index is -0.397. The number of carbonyl (C=O) groups excluding carboxylic acids is 2. The van der Waals surface area contributed by atoms with Gasteiger partial charge in [0.25, 0.3) is 0 Å². The number of methoxy groups -OCH3 is 2. The topological polar surface area (TPSA) is 93.9 Å². The van der Waals surface area contributed by atoms with E-state index in [-0.39, 0.29) is 24.5 Å². The quantitative estimate of drug-likeness (QED) is 0.414. The monoisotopic (exact) mass is 465 g/mol. The molecule has 0 amide bonds. The van der Waals surface area contributed by atoms with E-state index >= 15 is 0 Å². The average molecular weight is 466 g/mol. The van der Waals surface area contributed by atoms with Crippen LogP contribution in [0.5, 0.6) is 0 Å². The molecule has 8 nitrogen and oxygen atoms in total. The van der Waals surface area contributed by atoms with Crippen molar-refractivity contribution in [2.45, 2.75) is 18.5 Å². The largest absolute Gasteiger partial charge is 0.469 e. The summed E-state index contributed by atoms with van der Waals surface area (Å²) in [6, 6.07) is 15.9. The van der Waals surface area contributed by atoms with Crippen molar-refractivity contribution in [3.8, 4) is 11.3 Å². The van der Waals surface area contributed by atoms with Gasteiger partial charge in [-0.2, -0.15) is 0 Å². The first-order valence-corrected chi connectivity index (χ1v) is 10.8. The molecule has 1 saturated heterocycles. The molecule has 33 heavy (non-hydrogen) atoms. The number of rotatable bonds is 7. The Balaban J connectivity index is 1.65. The fourth-order valence-corrected chi connectivity index (χ4v) is 4.16. The molecule has 9 heteroatoms. The Labute approximate surface area is 196 Å². The SMILES string of the molecule is COC(=O)CCN1C(=S)N[C@@H](c2ccccn2)[C@@H]1c1ccc(-c2ccc(C(=O)OC)cc2)o1. The van der Waals surface area contributed by atoms with Crippen molar-refractivity contribution in [2.24, 2.45) is 0 Å². The molecular formula is C24H23N3O5S. The third kappa shape index (κ3) is 4.73. The van der Waals surface area contributed by atoms with Crippen LogP contribution in [0.2, 0.25) is 0 Å². The molecule has 2 aromatic heterocycles. The molecule has 1 fully saturated rings. The Hall–Kier alpha value is -3.72. The van der Waals surface area contributed by atoms with Gasteiger partial charge < -0.3 is 24.1 Å². The maximum atomic E-state index is 11.8. The normalized spacial score (nSPS) is 17.5. The van der Waals surface area contributed by atoms with Gasteiger partial charge in [-0.25, -0.2) is 4.79 Å². The van der Waals surface area contributed by atoms with Crippen LogP contribution in [-0.2, 0) is 14.3 Å². The molecule has 0 saturated carbocycles. The molecule has 3 heterocycles. The lowest BCUT2D eigenvalue weighted by molar-refractivity contribution is -0.140. The molecule has 1 aliphatic rings. The van der Waals surface area contributed by atoms with Gasteiger partial charge in [0.05, 0.1) is 37.9 Å². The highest BCUT2D eigenvalue weighted by molar-refractivity contribution is 7.80. The molecule has 1 N–H and O–H groups in total. The maximum absolute atomic E-state index is 11.8. The summed E-state index contributed by atoms with van der Waals surface area (Å²) in [5.41, 5.74) is 2.09. The summed E-state index contributed by atoms with van der Waals surface area (Å²) in [7, 11) is 2.71. The van der Waals surface area contributed by atoms with Crippen molar-refractivity contribution in [1.29, 1.82) is 0 Å². The number of carbonyl (C=O) groups is 2. The third-order valence-electron chi connectivity index (χ3n) is 5.49. The zero-order chi connectivity index (χ0) is 23.4. The van der Waals surface area contributed by atoms with Crippen molar-refractivity contribution >= 4 is 29.3 Å². The summed E-state index contributed by atoms with van der Waals surface area (Å²) in [4.78, 5) is 29.9. The second-order valence-electron chi connectivity index (χ2n) is 7.42. The smallest absolute Gasteiger partial charge is 0.337 e. The van der Waals surface area contributed by atoms with Gasteiger partial charge >= 0.3 is 11.9 Å². The predicted octanol–water partition coefficient (Wildman–Crippen LogP) is 3.66. The minimum absolute atomic E-state index is 0.187. The Kier molecular flexibility index (Phi) is 6.69. The number of furan rings is 1. The van der Waals surface area contributed by atoms with Crippen LogP contribution >= 0.6 is 12.2 Å². The van der Waals surface area contributed by atoms with Gasteiger partial charge in [-0.3, -0.25) is 9.78 Å². The molecular weight excluding hydrogens is 442 g/mol. The molecule has 3 aromatic rings. The minimum Gasteiger partial charge on any atom is -0.469 e. The standard InChI is InChI=1S/C24H23N3O5S/c1-30-20(28)12-14-27-22(21(26-24(27)33)17-5-3-4-13-25-17)19-11-10-18(32-19)15-6-8-16(9-7-15)23(29)31-2/h3-11,13,21-22H,12,14H2,1-2H3,(H,26,33)/t21-,22-/m0/s1. The van der Waals surface area contributed by atoms with Crippen molar-refractivity contribution in [1.82, 2.24) is 15.2 Å². The number of pyridine rings is 1. The molecule has 0 radical (unpaired) electrons. The molecule has 1 aromatic carbocycles. The number of benzene rings is 1. The predicted molar refractivity (Wildman–Crippen MR) is 124 cm³/mol. The van der Waals surface area contributed by atoms with Crippen molar-refractivity contribution in [3.63, 3.8) is 0 Å². The van der Waals surface area contributed by atoms with Crippen molar-refractivity contribution in [3.05, 3.63) is 77.8 Å². The first kappa shape index (κ1) is 22.5. The van der Waals surface area contributed by atoms with Crippen LogP contribution in [-0.4, -0.2) is 47.7 Å². The van der Waals surface area contributed by atoms with Crippen LogP contribution < -0.4 is 5.32 Å². The zero-order valence-corrected chi connectivity index (χ0v) is 19.0. The first-order chi connectivity index (χ1) is 16.0. The lowest BCUT2D eigenvalue weighted by Crippen LogP contribution is -2.31. The van der Waals surface area contributed by atoms with E-state index in [9.17, 15) is 9.59 Å². The molecule has 1 aliphatic heterocycles. The van der Waals surface area contributed by atoms with E-state index in [0.29, 0.717) is 28.7 Å². The Morgan fingerprint density at radius 1 is 1.09 bits per heavy atom. The van der Waals surface area contributed by atoms with Gasteiger partial charge in [0.15, 0.2) is 5.11 Å². The van der Waals surface area contributed by atoms with Crippen molar-refractivity contribution in [2.75, 3.05) is 20.8 Å². The average Bonchev–Trinajstić information content (AvgIpc) is 3.47. The third-order valence-corrected chi connectivity index (χ3v) is 5.84. The second kappa shape index (κ2) is 9.83. The van der Waals surface area contributed by atoms with Gasteiger partial charge in [0.1, 0.15) is 17.6 Å². The molecule has 0 bridgehead atoms. The van der Waals surface area contributed by atoms with Crippen LogP contribution in [0.25, 0.3) is 11.3 Å². The number of thiocarbonyl (C=S) groups is 1. The van der Waals surface area contributed by atoms with Gasteiger partial charge in [-0.15, -0.1) is 0 Å². The Morgan fingerprint density at radius 3 is 2.55 bits per heavy atom. The van der Waals surface area contributed by atoms with E-state index < -0.39 is 5.97 Å². The number of nitrogens with one attached hydrogen (secondary N) is 1. The second-order valence-corrected chi connectivity index (χ2v) is 7.80. The van der Waals surface area contributed by atoms with E-state index in [1.54, 1.807) is 30.5 Å². The molecule has 4 rings (SSSR count). The molecule has 0 unspecified atom stereocenters. The number of hydrogen-bond acceptors (Lipinski definition) is 7. The van der Waals surface area contributed by atoms with Crippen LogP contribution in [0, 0.1) is 0 Å². The number of esters is 2. The summed E-state index contributed by atoms with van der Waals surface area (Å²) < 4.78 is 15.8. The maximum Gasteiger partial charge on any atom is 0.337 e. The van der Waals surface area contributed by atoms with Gasteiger partial charge in [-0.1, -0.05) is 18.2 Å². The molecule has 0 aliphatic carbocycles. The number of nitrogens with zero attached hydrogens (tertiary/aromatic N) is 2. The highest BCUT2D eigenvalue weighted by atomic mass is 32.1. The molecule has 170 valence electrons. The van der Waals surface area contributed by atoms with E-state index in [4.69, 9.17) is 26.1 Å². The van der Waals surface area contributed by atoms with E-state index in [1.807, 2.05) is 35.2 Å². The summed E-state index contributed by atoms with van der Waals surface area (Å²) in [6.45, 7) is 0.371. The highest BCUT2D eigenvalue weighted by Crippen LogP contribution is 2.40. The van der Waals surface area contributed by atoms with Gasteiger partial charge in [0.2, 0.25) is 0 Å². The van der Waals surface area contributed by atoms with Gasteiger partial charge in [0, 0.05) is 18.3 Å². The lowest BCUT2D eigenvalue weighted by Gasteiger charge is -2.25.